The van der Waals surface area contributed by atoms with Gasteiger partial charge in [-0.3, -0.25) is 4.79 Å². The Balaban J connectivity index is 2.01. The zero-order valence-corrected chi connectivity index (χ0v) is 18.2. The van der Waals surface area contributed by atoms with Gasteiger partial charge in [0.2, 0.25) is 0 Å². The number of alkyl halides is 1. The molecule has 7 heteroatoms. The summed E-state index contributed by atoms with van der Waals surface area (Å²) in [6, 6.07) is 8.99. The van der Waals surface area contributed by atoms with Gasteiger partial charge in [0.25, 0.3) is 5.91 Å². The number of rotatable bonds is 2. The molecule has 0 saturated heterocycles. The first-order valence-corrected chi connectivity index (χ1v) is 10.5. The first kappa shape index (κ1) is 20.3. The van der Waals surface area contributed by atoms with Crippen LogP contribution in [-0.4, -0.2) is 28.0 Å². The van der Waals surface area contributed by atoms with Crippen LogP contribution in [0.15, 0.2) is 36.4 Å². The molecule has 0 radical (unpaired) electrons. The Hall–Kier alpha value is -2.03. The molecular weight excluding hydrogens is 492 g/mol. The summed E-state index contributed by atoms with van der Waals surface area (Å²) < 4.78 is 45.1. The van der Waals surface area contributed by atoms with E-state index in [1.54, 1.807) is 0 Å². The van der Waals surface area contributed by atoms with Crippen molar-refractivity contribution < 1.29 is 18.0 Å². The van der Waals surface area contributed by atoms with E-state index in [1.807, 2.05) is 46.9 Å². The first-order valence-electron chi connectivity index (χ1n) is 9.42. The average Bonchev–Trinajstić information content (AvgIpc) is 2.89. The fourth-order valence-electron chi connectivity index (χ4n) is 4.11. The van der Waals surface area contributed by atoms with Crippen LogP contribution in [0.4, 0.5) is 13.2 Å². The molecule has 1 unspecified atom stereocenters. The zero-order valence-electron chi connectivity index (χ0n) is 16.0. The van der Waals surface area contributed by atoms with E-state index in [2.05, 4.69) is 4.98 Å². The predicted octanol–water partition coefficient (Wildman–Crippen LogP) is 5.66. The maximum absolute atomic E-state index is 15.0. The number of benzene rings is 2. The van der Waals surface area contributed by atoms with Crippen LogP contribution in [0, 0.1) is 15.2 Å². The van der Waals surface area contributed by atoms with Gasteiger partial charge < -0.3 is 9.88 Å². The number of aromatic amines is 1. The first-order chi connectivity index (χ1) is 13.7. The van der Waals surface area contributed by atoms with Crippen LogP contribution in [0.3, 0.4) is 0 Å². The maximum atomic E-state index is 15.0. The molecule has 152 valence electrons. The number of carbonyl (C=O) groups excluding carboxylic acids is 1. The average molecular weight is 512 g/mol. The Bertz CT molecular complexity index is 1080. The highest BCUT2D eigenvalue weighted by Crippen LogP contribution is 2.41. The lowest BCUT2D eigenvalue weighted by Crippen LogP contribution is -2.45. The molecular formula is C22H20F3IN2O. The molecule has 1 aliphatic rings. The topological polar surface area (TPSA) is 36.1 Å². The highest BCUT2D eigenvalue weighted by molar-refractivity contribution is 14.1. The number of nitrogens with zero attached hydrogens (tertiary/aromatic N) is 1. The van der Waals surface area contributed by atoms with Crippen molar-refractivity contribution in [2.45, 2.75) is 38.4 Å². The monoisotopic (exact) mass is 512 g/mol. The lowest BCUT2D eigenvalue weighted by molar-refractivity contribution is -0.143. The summed E-state index contributed by atoms with van der Waals surface area (Å²) >= 11 is 1.84. The van der Waals surface area contributed by atoms with E-state index >= 15 is 8.78 Å². The van der Waals surface area contributed by atoms with Crippen LogP contribution in [0.1, 0.15) is 43.1 Å². The van der Waals surface area contributed by atoms with E-state index in [0.717, 1.165) is 16.5 Å². The van der Waals surface area contributed by atoms with E-state index < -0.39 is 29.3 Å². The van der Waals surface area contributed by atoms with Gasteiger partial charge in [-0.25, -0.2) is 13.2 Å². The number of aromatic nitrogens is 1. The van der Waals surface area contributed by atoms with Gasteiger partial charge in [0, 0.05) is 26.7 Å². The third kappa shape index (κ3) is 3.53. The predicted molar refractivity (Wildman–Crippen MR) is 114 cm³/mol. The smallest absolute Gasteiger partial charge is 0.260 e. The standard InChI is InChI=1S/C22H20F3IN2O/c1-22(2,25)21(29)28-9-5-7-14-13-6-3-4-8-17(13)27-19(14)20(28)18-15(23)10-12(26)11-16(18)24/h3-4,6,8,10-11,20,27H,5,7,9H2,1-2H3. The SMILES string of the molecule is CC(C)(F)C(=O)N1CCCc2c([nH]c3ccccc23)C1c1c(F)cc(I)cc1F. The zero-order chi connectivity index (χ0) is 20.9. The number of aryl methyl sites for hydroxylation is 1. The van der Waals surface area contributed by atoms with Crippen LogP contribution in [-0.2, 0) is 11.2 Å². The molecule has 29 heavy (non-hydrogen) atoms. The van der Waals surface area contributed by atoms with Crippen LogP contribution in [0.5, 0.6) is 0 Å². The van der Waals surface area contributed by atoms with Crippen molar-refractivity contribution in [1.82, 2.24) is 9.88 Å². The molecule has 2 heterocycles. The number of nitrogens with one attached hydrogen (secondary N) is 1. The molecule has 1 aliphatic heterocycles. The minimum atomic E-state index is -2.16. The van der Waals surface area contributed by atoms with E-state index in [4.69, 9.17) is 0 Å². The largest absolute Gasteiger partial charge is 0.356 e. The summed E-state index contributed by atoms with van der Waals surface area (Å²) in [5.41, 5.74) is -0.124. The Morgan fingerprint density at radius 1 is 1.21 bits per heavy atom. The summed E-state index contributed by atoms with van der Waals surface area (Å²) in [6.45, 7) is 2.55. The van der Waals surface area contributed by atoms with Gasteiger partial charge in [-0.1, -0.05) is 18.2 Å². The number of para-hydroxylation sites is 1. The van der Waals surface area contributed by atoms with Crippen molar-refractivity contribution in [2.24, 2.45) is 0 Å². The summed E-state index contributed by atoms with van der Waals surface area (Å²) in [4.78, 5) is 17.5. The van der Waals surface area contributed by atoms with Gasteiger partial charge in [-0.15, -0.1) is 0 Å². The molecule has 0 spiro atoms. The molecule has 2 aromatic carbocycles. The summed E-state index contributed by atoms with van der Waals surface area (Å²) in [7, 11) is 0. The van der Waals surface area contributed by atoms with Crippen LogP contribution in [0.25, 0.3) is 10.9 Å². The van der Waals surface area contributed by atoms with E-state index in [1.165, 1.54) is 30.9 Å². The quantitative estimate of drug-likeness (QED) is 0.442. The van der Waals surface area contributed by atoms with Gasteiger partial charge in [-0.05, 0) is 73.0 Å². The summed E-state index contributed by atoms with van der Waals surface area (Å²) in [5.74, 6) is -2.29. The molecule has 0 bridgehead atoms. The van der Waals surface area contributed by atoms with E-state index in [9.17, 15) is 9.18 Å². The van der Waals surface area contributed by atoms with Gasteiger partial charge in [0.05, 0.1) is 5.56 Å². The van der Waals surface area contributed by atoms with Crippen molar-refractivity contribution in [3.63, 3.8) is 0 Å². The molecule has 0 saturated carbocycles. The molecule has 3 aromatic rings. The molecule has 1 atom stereocenters. The third-order valence-corrected chi connectivity index (χ3v) is 5.97. The fraction of sp³-hybridized carbons (Fsp3) is 0.318. The third-order valence-electron chi connectivity index (χ3n) is 5.34. The second-order valence-corrected chi connectivity index (χ2v) is 9.07. The number of H-pyrrole nitrogens is 1. The van der Waals surface area contributed by atoms with Crippen molar-refractivity contribution >= 4 is 39.4 Å². The van der Waals surface area contributed by atoms with Gasteiger partial charge in [-0.2, -0.15) is 0 Å². The lowest BCUT2D eigenvalue weighted by Gasteiger charge is -2.34. The summed E-state index contributed by atoms with van der Waals surface area (Å²) in [6.07, 6.45) is 1.20. The highest BCUT2D eigenvalue weighted by Gasteiger charge is 2.41. The molecule has 3 nitrogen and oxygen atoms in total. The highest BCUT2D eigenvalue weighted by atomic mass is 127. The molecule has 1 aromatic heterocycles. The Labute approximate surface area is 180 Å². The molecule has 1 N–H and O–H groups in total. The van der Waals surface area contributed by atoms with Crippen LogP contribution in [0.2, 0.25) is 0 Å². The van der Waals surface area contributed by atoms with Crippen molar-refractivity contribution in [1.29, 1.82) is 0 Å². The number of halogens is 4. The lowest BCUT2D eigenvalue weighted by atomic mass is 9.96. The molecule has 4 rings (SSSR count). The second-order valence-electron chi connectivity index (χ2n) is 7.82. The number of hydrogen-bond acceptors (Lipinski definition) is 1. The molecule has 0 fully saturated rings. The number of amides is 1. The fourth-order valence-corrected chi connectivity index (χ4v) is 4.66. The summed E-state index contributed by atoms with van der Waals surface area (Å²) in [5, 5.41) is 0.952. The maximum Gasteiger partial charge on any atom is 0.260 e. The Morgan fingerprint density at radius 2 is 1.86 bits per heavy atom. The van der Waals surface area contributed by atoms with Gasteiger partial charge >= 0.3 is 0 Å². The molecule has 0 aliphatic carbocycles. The van der Waals surface area contributed by atoms with Crippen molar-refractivity contribution in [3.8, 4) is 0 Å². The number of carbonyl (C=O) groups is 1. The van der Waals surface area contributed by atoms with Crippen molar-refractivity contribution in [3.05, 3.63) is 68.4 Å². The van der Waals surface area contributed by atoms with Crippen molar-refractivity contribution in [2.75, 3.05) is 6.54 Å². The minimum Gasteiger partial charge on any atom is -0.356 e. The van der Waals surface area contributed by atoms with E-state index in [-0.39, 0.29) is 12.1 Å². The van der Waals surface area contributed by atoms with Crippen LogP contribution >= 0.6 is 22.6 Å². The number of fused-ring (bicyclic) bond motifs is 3. The minimum absolute atomic E-state index is 0.207. The normalized spacial score (nSPS) is 17.3. The second kappa shape index (κ2) is 7.34. The van der Waals surface area contributed by atoms with Crippen LogP contribution < -0.4 is 0 Å². The van der Waals surface area contributed by atoms with E-state index in [0.29, 0.717) is 22.1 Å². The Morgan fingerprint density at radius 3 is 2.52 bits per heavy atom. The molecule has 1 amide bonds. The number of hydrogen-bond donors (Lipinski definition) is 1. The van der Waals surface area contributed by atoms with Gasteiger partial charge in [0.15, 0.2) is 5.67 Å². The Kier molecular flexibility index (Phi) is 5.13. The van der Waals surface area contributed by atoms with Gasteiger partial charge in [0.1, 0.15) is 17.7 Å².